The summed E-state index contributed by atoms with van der Waals surface area (Å²) in [5.41, 5.74) is 1.75. The molecule has 0 bridgehead atoms. The third kappa shape index (κ3) is 1.65. The van der Waals surface area contributed by atoms with Crippen LogP contribution in [0.5, 0.6) is 0 Å². The highest BCUT2D eigenvalue weighted by molar-refractivity contribution is 6.31. The summed E-state index contributed by atoms with van der Waals surface area (Å²) in [6.07, 6.45) is 0. The average molecular weight is 229 g/mol. The molecular formula is C11H14ClFN2. The van der Waals surface area contributed by atoms with Gasteiger partial charge in [0, 0.05) is 19.7 Å². The summed E-state index contributed by atoms with van der Waals surface area (Å²) in [6, 6.07) is 3.11. The van der Waals surface area contributed by atoms with E-state index in [1.54, 1.807) is 6.07 Å². The monoisotopic (exact) mass is 228 g/mol. The molecule has 1 aliphatic rings. The number of halogens is 2. The molecule has 0 aromatic heterocycles. The SMILES string of the molecule is CN1c2cc(Cl)c(F)cc2NCC1(C)C. The van der Waals surface area contributed by atoms with Gasteiger partial charge in [0.25, 0.3) is 0 Å². The van der Waals surface area contributed by atoms with Crippen LogP contribution in [0.15, 0.2) is 12.1 Å². The molecule has 1 aromatic rings. The molecule has 0 radical (unpaired) electrons. The standard InChI is InChI=1S/C11H14ClFN2/c1-11(2)6-14-9-5-8(13)7(12)4-10(9)15(11)3/h4-5,14H,6H2,1-3H3. The fourth-order valence-corrected chi connectivity index (χ4v) is 1.87. The lowest BCUT2D eigenvalue weighted by molar-refractivity contribution is 0.501. The second kappa shape index (κ2) is 3.27. The van der Waals surface area contributed by atoms with E-state index in [9.17, 15) is 4.39 Å². The molecule has 0 saturated carbocycles. The van der Waals surface area contributed by atoms with Crippen LogP contribution >= 0.6 is 11.6 Å². The second-order valence-electron chi connectivity index (χ2n) is 4.51. The normalized spacial score (nSPS) is 18.3. The van der Waals surface area contributed by atoms with Crippen LogP contribution in [0.3, 0.4) is 0 Å². The summed E-state index contributed by atoms with van der Waals surface area (Å²) in [6.45, 7) is 5.04. The molecule has 2 nitrogen and oxygen atoms in total. The Hall–Kier alpha value is -0.960. The largest absolute Gasteiger partial charge is 0.381 e. The molecule has 0 spiro atoms. The number of fused-ring (bicyclic) bond motifs is 1. The number of hydrogen-bond acceptors (Lipinski definition) is 2. The van der Waals surface area contributed by atoms with Gasteiger partial charge < -0.3 is 10.2 Å². The zero-order valence-electron chi connectivity index (χ0n) is 9.06. The van der Waals surface area contributed by atoms with E-state index in [0.717, 1.165) is 17.9 Å². The van der Waals surface area contributed by atoms with Gasteiger partial charge in [0.1, 0.15) is 5.82 Å². The van der Waals surface area contributed by atoms with E-state index in [1.165, 1.54) is 6.07 Å². The highest BCUT2D eigenvalue weighted by atomic mass is 35.5. The van der Waals surface area contributed by atoms with Gasteiger partial charge in [-0.15, -0.1) is 0 Å². The van der Waals surface area contributed by atoms with Crippen LogP contribution in [0.25, 0.3) is 0 Å². The molecule has 82 valence electrons. The highest BCUT2D eigenvalue weighted by Gasteiger charge is 2.30. The fraction of sp³-hybridized carbons (Fsp3) is 0.455. The molecule has 2 rings (SSSR count). The molecule has 1 N–H and O–H groups in total. The number of benzene rings is 1. The first-order valence-corrected chi connectivity index (χ1v) is 5.26. The molecular weight excluding hydrogens is 215 g/mol. The summed E-state index contributed by atoms with van der Waals surface area (Å²) in [4.78, 5) is 2.12. The lowest BCUT2D eigenvalue weighted by Crippen LogP contribution is -2.50. The van der Waals surface area contributed by atoms with Crippen molar-refractivity contribution in [2.75, 3.05) is 23.8 Å². The number of rotatable bonds is 0. The molecule has 0 aliphatic carbocycles. The van der Waals surface area contributed by atoms with Crippen LogP contribution in [0.2, 0.25) is 5.02 Å². The number of hydrogen-bond donors (Lipinski definition) is 1. The molecule has 4 heteroatoms. The van der Waals surface area contributed by atoms with E-state index in [1.807, 2.05) is 7.05 Å². The van der Waals surface area contributed by atoms with Crippen LogP contribution in [-0.2, 0) is 0 Å². The zero-order valence-corrected chi connectivity index (χ0v) is 9.82. The van der Waals surface area contributed by atoms with Crippen LogP contribution < -0.4 is 10.2 Å². The second-order valence-corrected chi connectivity index (χ2v) is 4.92. The number of nitrogens with one attached hydrogen (secondary N) is 1. The van der Waals surface area contributed by atoms with Crippen molar-refractivity contribution in [3.8, 4) is 0 Å². The van der Waals surface area contributed by atoms with Crippen LogP contribution in [0, 0.1) is 5.82 Å². The van der Waals surface area contributed by atoms with Gasteiger partial charge in [0.05, 0.1) is 21.9 Å². The fourth-order valence-electron chi connectivity index (χ4n) is 1.71. The van der Waals surface area contributed by atoms with Gasteiger partial charge >= 0.3 is 0 Å². The lowest BCUT2D eigenvalue weighted by atomic mass is 9.98. The lowest BCUT2D eigenvalue weighted by Gasteiger charge is -2.43. The van der Waals surface area contributed by atoms with E-state index in [-0.39, 0.29) is 16.4 Å². The van der Waals surface area contributed by atoms with Crippen molar-refractivity contribution in [1.82, 2.24) is 0 Å². The summed E-state index contributed by atoms with van der Waals surface area (Å²) in [7, 11) is 1.99. The van der Waals surface area contributed by atoms with Gasteiger partial charge in [-0.25, -0.2) is 4.39 Å². The predicted octanol–water partition coefficient (Wildman–Crippen LogP) is 3.12. The van der Waals surface area contributed by atoms with Crippen LogP contribution in [0.1, 0.15) is 13.8 Å². The third-order valence-electron chi connectivity index (χ3n) is 3.02. The maximum Gasteiger partial charge on any atom is 0.143 e. The minimum atomic E-state index is -0.379. The van der Waals surface area contributed by atoms with Crippen molar-refractivity contribution in [3.05, 3.63) is 23.0 Å². The Labute approximate surface area is 94.0 Å². The minimum Gasteiger partial charge on any atom is -0.381 e. The van der Waals surface area contributed by atoms with E-state index in [0.29, 0.717) is 0 Å². The Bertz CT molecular complexity index is 404. The van der Waals surface area contributed by atoms with Gasteiger partial charge in [0.15, 0.2) is 0 Å². The quantitative estimate of drug-likeness (QED) is 0.734. The first-order valence-electron chi connectivity index (χ1n) is 4.88. The molecule has 0 saturated heterocycles. The maximum atomic E-state index is 13.2. The summed E-state index contributed by atoms with van der Waals surface area (Å²) < 4.78 is 13.2. The van der Waals surface area contributed by atoms with Gasteiger partial charge in [-0.05, 0) is 19.9 Å². The molecule has 1 aromatic carbocycles. The van der Waals surface area contributed by atoms with Gasteiger partial charge in [-0.2, -0.15) is 0 Å². The van der Waals surface area contributed by atoms with E-state index in [2.05, 4.69) is 24.1 Å². The predicted molar refractivity (Wildman–Crippen MR) is 62.4 cm³/mol. The Morgan fingerprint density at radius 3 is 2.80 bits per heavy atom. The smallest absolute Gasteiger partial charge is 0.143 e. The van der Waals surface area contributed by atoms with Crippen molar-refractivity contribution in [1.29, 1.82) is 0 Å². The third-order valence-corrected chi connectivity index (χ3v) is 3.31. The molecule has 15 heavy (non-hydrogen) atoms. The van der Waals surface area contributed by atoms with Gasteiger partial charge in [0.2, 0.25) is 0 Å². The minimum absolute atomic E-state index is 0.00809. The average Bonchev–Trinajstić information content (AvgIpc) is 2.16. The molecule has 0 unspecified atom stereocenters. The summed E-state index contributed by atoms with van der Waals surface area (Å²) in [5, 5.41) is 3.38. The molecule has 1 aliphatic heterocycles. The highest BCUT2D eigenvalue weighted by Crippen LogP contribution is 2.37. The van der Waals surface area contributed by atoms with Crippen molar-refractivity contribution in [2.45, 2.75) is 19.4 Å². The Kier molecular flexibility index (Phi) is 2.30. The topological polar surface area (TPSA) is 15.3 Å². The maximum absolute atomic E-state index is 13.2. The zero-order chi connectivity index (χ0) is 11.2. The van der Waals surface area contributed by atoms with E-state index >= 15 is 0 Å². The van der Waals surface area contributed by atoms with Crippen LogP contribution in [-0.4, -0.2) is 19.1 Å². The first-order chi connectivity index (χ1) is 6.92. The van der Waals surface area contributed by atoms with E-state index < -0.39 is 0 Å². The Balaban J connectivity index is 2.52. The van der Waals surface area contributed by atoms with Crippen molar-refractivity contribution in [2.24, 2.45) is 0 Å². The van der Waals surface area contributed by atoms with Crippen molar-refractivity contribution in [3.63, 3.8) is 0 Å². The molecule has 0 fully saturated rings. The van der Waals surface area contributed by atoms with Crippen LogP contribution in [0.4, 0.5) is 15.8 Å². The van der Waals surface area contributed by atoms with Crippen molar-refractivity contribution < 1.29 is 4.39 Å². The summed E-state index contributed by atoms with van der Waals surface area (Å²) >= 11 is 5.77. The Morgan fingerprint density at radius 1 is 1.47 bits per heavy atom. The summed E-state index contributed by atoms with van der Waals surface area (Å²) in [5.74, 6) is -0.379. The van der Waals surface area contributed by atoms with Gasteiger partial charge in [-0.1, -0.05) is 11.6 Å². The molecule has 0 atom stereocenters. The molecule has 1 heterocycles. The van der Waals surface area contributed by atoms with Gasteiger partial charge in [-0.3, -0.25) is 0 Å². The first kappa shape index (κ1) is 10.6. The van der Waals surface area contributed by atoms with Crippen molar-refractivity contribution >= 4 is 23.0 Å². The molecule has 0 amide bonds. The van der Waals surface area contributed by atoms with E-state index in [4.69, 9.17) is 11.6 Å². The Morgan fingerprint density at radius 2 is 2.13 bits per heavy atom. The number of anilines is 2. The number of likely N-dealkylation sites (N-methyl/N-ethyl adjacent to an activating group) is 1. The number of nitrogens with zero attached hydrogens (tertiary/aromatic N) is 1.